The van der Waals surface area contributed by atoms with Gasteiger partial charge in [-0.25, -0.2) is 4.79 Å². The van der Waals surface area contributed by atoms with Gasteiger partial charge in [0.2, 0.25) is 5.89 Å². The SMILES string of the molecule is CC(C)(C)OC(=O)N1CC(NC(=O)c2ccc(Cl)c(Cl)c2)CC[C@H]1c1nnc(OCCOC(F)(F)F)o1. The summed E-state index contributed by atoms with van der Waals surface area (Å²) in [6, 6.07) is 3.32. The third-order valence-electron chi connectivity index (χ3n) is 5.01. The summed E-state index contributed by atoms with van der Waals surface area (Å²) in [6.45, 7) is 3.92. The van der Waals surface area contributed by atoms with Crippen molar-refractivity contribution in [2.75, 3.05) is 19.8 Å². The summed E-state index contributed by atoms with van der Waals surface area (Å²) in [4.78, 5) is 27.1. The maximum absolute atomic E-state index is 13.0. The molecule has 0 saturated carbocycles. The number of nitrogens with zero attached hydrogens (tertiary/aromatic N) is 3. The van der Waals surface area contributed by atoms with Gasteiger partial charge in [0.1, 0.15) is 18.2 Å². The minimum absolute atomic E-state index is 0.00635. The molecule has 1 unspecified atom stereocenters. The summed E-state index contributed by atoms with van der Waals surface area (Å²) >= 11 is 11.9. The number of alkyl halides is 3. The van der Waals surface area contributed by atoms with E-state index >= 15 is 0 Å². The van der Waals surface area contributed by atoms with Crippen LogP contribution in [0.3, 0.4) is 0 Å². The van der Waals surface area contributed by atoms with E-state index in [1.54, 1.807) is 20.8 Å². The molecule has 2 atom stereocenters. The van der Waals surface area contributed by atoms with Gasteiger partial charge in [-0.05, 0) is 51.8 Å². The molecule has 0 bridgehead atoms. The Morgan fingerprint density at radius 3 is 2.51 bits per heavy atom. The van der Waals surface area contributed by atoms with Crippen molar-refractivity contribution >= 4 is 35.2 Å². The van der Waals surface area contributed by atoms with E-state index in [1.807, 2.05) is 0 Å². The Labute approximate surface area is 220 Å². The molecule has 2 heterocycles. The van der Waals surface area contributed by atoms with E-state index in [0.29, 0.717) is 23.4 Å². The number of carbonyl (C=O) groups excluding carboxylic acids is 2. The number of piperidine rings is 1. The van der Waals surface area contributed by atoms with Gasteiger partial charge in [0.05, 0.1) is 16.7 Å². The molecule has 0 aliphatic carbocycles. The summed E-state index contributed by atoms with van der Waals surface area (Å²) in [5.41, 5.74) is -0.507. The number of halogens is 5. The molecule has 1 aliphatic rings. The predicted molar refractivity (Wildman–Crippen MR) is 124 cm³/mol. The monoisotopic (exact) mass is 568 g/mol. The number of amides is 2. The Morgan fingerprint density at radius 1 is 1.14 bits per heavy atom. The first kappa shape index (κ1) is 28.8. The quantitative estimate of drug-likeness (QED) is 0.455. The van der Waals surface area contributed by atoms with Crippen molar-refractivity contribution < 1.29 is 41.4 Å². The molecule has 10 nitrogen and oxygen atoms in total. The minimum atomic E-state index is -4.79. The lowest BCUT2D eigenvalue weighted by Crippen LogP contribution is -2.52. The molecule has 3 rings (SSSR count). The van der Waals surface area contributed by atoms with Gasteiger partial charge < -0.3 is 19.2 Å². The molecule has 1 aromatic carbocycles. The molecule has 1 aliphatic heterocycles. The number of benzene rings is 1. The van der Waals surface area contributed by atoms with Crippen molar-refractivity contribution in [3.63, 3.8) is 0 Å². The largest absolute Gasteiger partial charge is 0.522 e. The maximum atomic E-state index is 13.0. The topological polar surface area (TPSA) is 116 Å². The highest BCUT2D eigenvalue weighted by molar-refractivity contribution is 6.42. The van der Waals surface area contributed by atoms with Crippen LogP contribution < -0.4 is 10.1 Å². The third kappa shape index (κ3) is 8.64. The molecule has 0 spiro atoms. The van der Waals surface area contributed by atoms with Gasteiger partial charge in [0.15, 0.2) is 0 Å². The van der Waals surface area contributed by atoms with E-state index in [2.05, 4.69) is 20.3 Å². The van der Waals surface area contributed by atoms with E-state index < -0.39 is 49.3 Å². The molecule has 37 heavy (non-hydrogen) atoms. The molecule has 204 valence electrons. The third-order valence-corrected chi connectivity index (χ3v) is 5.75. The van der Waals surface area contributed by atoms with Crippen molar-refractivity contribution in [3.05, 3.63) is 39.7 Å². The normalized spacial score (nSPS) is 18.4. The summed E-state index contributed by atoms with van der Waals surface area (Å²) in [7, 11) is 0. The highest BCUT2D eigenvalue weighted by atomic mass is 35.5. The van der Waals surface area contributed by atoms with Crippen molar-refractivity contribution in [1.82, 2.24) is 20.4 Å². The number of likely N-dealkylation sites (tertiary alicyclic amines) is 1. The van der Waals surface area contributed by atoms with Crippen LogP contribution in [-0.4, -0.2) is 64.9 Å². The van der Waals surface area contributed by atoms with Crippen molar-refractivity contribution in [2.24, 2.45) is 0 Å². The van der Waals surface area contributed by atoms with Gasteiger partial charge >= 0.3 is 18.5 Å². The Bertz CT molecular complexity index is 1110. The summed E-state index contributed by atoms with van der Waals surface area (Å²) < 4.78 is 55.8. The average Bonchev–Trinajstić information content (AvgIpc) is 3.25. The van der Waals surface area contributed by atoms with Crippen LogP contribution in [0.4, 0.5) is 18.0 Å². The number of rotatable bonds is 7. The van der Waals surface area contributed by atoms with Crippen LogP contribution in [0.15, 0.2) is 22.6 Å². The number of nitrogens with one attached hydrogen (secondary N) is 1. The maximum Gasteiger partial charge on any atom is 0.522 e. The zero-order chi connectivity index (χ0) is 27.4. The van der Waals surface area contributed by atoms with Crippen LogP contribution in [0.1, 0.15) is 55.9 Å². The molecule has 2 amide bonds. The van der Waals surface area contributed by atoms with Crippen LogP contribution in [0.25, 0.3) is 0 Å². The highest BCUT2D eigenvalue weighted by Crippen LogP contribution is 2.33. The number of aromatic nitrogens is 2. The van der Waals surface area contributed by atoms with Crippen LogP contribution in [0.5, 0.6) is 6.08 Å². The lowest BCUT2D eigenvalue weighted by Gasteiger charge is -2.38. The van der Waals surface area contributed by atoms with Crippen molar-refractivity contribution in [3.8, 4) is 6.08 Å². The number of hydrogen-bond acceptors (Lipinski definition) is 8. The molecular weight excluding hydrogens is 544 g/mol. The zero-order valence-corrected chi connectivity index (χ0v) is 21.6. The first-order valence-corrected chi connectivity index (χ1v) is 11.9. The van der Waals surface area contributed by atoms with Crippen molar-refractivity contribution in [1.29, 1.82) is 0 Å². The van der Waals surface area contributed by atoms with E-state index in [4.69, 9.17) is 37.1 Å². The van der Waals surface area contributed by atoms with Gasteiger partial charge in [0.25, 0.3) is 5.91 Å². The molecule has 1 fully saturated rings. The predicted octanol–water partition coefficient (Wildman–Crippen LogP) is 5.16. The fourth-order valence-corrected chi connectivity index (χ4v) is 3.77. The van der Waals surface area contributed by atoms with Crippen LogP contribution in [-0.2, 0) is 9.47 Å². The van der Waals surface area contributed by atoms with E-state index in [1.165, 1.54) is 23.1 Å². The second-order valence-corrected chi connectivity index (χ2v) is 9.89. The Balaban J connectivity index is 1.69. The summed E-state index contributed by atoms with van der Waals surface area (Å²) in [5.74, 6) is -0.396. The fourth-order valence-electron chi connectivity index (χ4n) is 3.47. The molecule has 1 aromatic heterocycles. The van der Waals surface area contributed by atoms with Gasteiger partial charge in [0, 0.05) is 18.2 Å². The molecule has 1 N–H and O–H groups in total. The molecule has 1 saturated heterocycles. The number of carbonyl (C=O) groups is 2. The van der Waals surface area contributed by atoms with Crippen LogP contribution in [0.2, 0.25) is 10.0 Å². The van der Waals surface area contributed by atoms with Gasteiger partial charge in [-0.1, -0.05) is 28.3 Å². The first-order chi connectivity index (χ1) is 17.2. The zero-order valence-electron chi connectivity index (χ0n) is 20.1. The van der Waals surface area contributed by atoms with Gasteiger partial charge in [-0.2, -0.15) is 0 Å². The van der Waals surface area contributed by atoms with Crippen LogP contribution in [0, 0.1) is 0 Å². The fraction of sp³-hybridized carbons (Fsp3) is 0.545. The van der Waals surface area contributed by atoms with Gasteiger partial charge in [-0.3, -0.25) is 14.4 Å². The van der Waals surface area contributed by atoms with Crippen LogP contribution >= 0.6 is 23.2 Å². The number of hydrogen-bond donors (Lipinski definition) is 1. The molecular formula is C22H25Cl2F3N4O6. The summed E-state index contributed by atoms with van der Waals surface area (Å²) in [6.07, 6.45) is -5.09. The number of ether oxygens (including phenoxy) is 3. The smallest absolute Gasteiger partial charge is 0.447 e. The highest BCUT2D eigenvalue weighted by Gasteiger charge is 2.39. The second kappa shape index (κ2) is 11.7. The lowest BCUT2D eigenvalue weighted by molar-refractivity contribution is -0.325. The Hall–Kier alpha value is -2.77. The standard InChI is InChI=1S/C22H25Cl2F3N4O6/c1-21(2,3)37-20(33)31-11-13(28-17(32)12-4-6-14(23)15(24)10-12)5-7-16(31)18-29-30-19(36-18)34-8-9-35-22(25,26)27/h4,6,10,13,16H,5,7-9,11H2,1-3H3,(H,28,32)/t13?,16-/m0/s1. The molecule has 2 aromatic rings. The van der Waals surface area contributed by atoms with E-state index in [-0.39, 0.29) is 23.5 Å². The minimum Gasteiger partial charge on any atom is -0.447 e. The van der Waals surface area contributed by atoms with Gasteiger partial charge in [-0.15, -0.1) is 18.3 Å². The Morgan fingerprint density at radius 2 is 1.86 bits per heavy atom. The molecule has 15 heteroatoms. The molecule has 0 radical (unpaired) electrons. The van der Waals surface area contributed by atoms with E-state index in [0.717, 1.165) is 0 Å². The van der Waals surface area contributed by atoms with E-state index in [9.17, 15) is 22.8 Å². The van der Waals surface area contributed by atoms with Crippen molar-refractivity contribution in [2.45, 2.75) is 57.7 Å². The Kier molecular flexibility index (Phi) is 9.13. The average molecular weight is 569 g/mol. The second-order valence-electron chi connectivity index (χ2n) is 9.07. The first-order valence-electron chi connectivity index (χ1n) is 11.1. The lowest BCUT2D eigenvalue weighted by atomic mass is 9.98. The summed E-state index contributed by atoms with van der Waals surface area (Å²) in [5, 5.41) is 11.0.